The fraction of sp³-hybridized carbons (Fsp3) is 0.643. The van der Waals surface area contributed by atoms with E-state index < -0.39 is 5.97 Å². The zero-order valence-corrected chi connectivity index (χ0v) is 12.1. The van der Waals surface area contributed by atoms with Gasteiger partial charge >= 0.3 is 5.97 Å². The highest BCUT2D eigenvalue weighted by Gasteiger charge is 2.37. The number of nitrogens with two attached hydrogens (primary N) is 1. The SMILES string of the molecule is COC(=O)c1nccc(NC2(CN)CCCCC2C)n1. The first kappa shape index (κ1) is 14.7. The molecule has 0 amide bonds. The molecule has 0 aliphatic heterocycles. The van der Waals surface area contributed by atoms with Crippen molar-refractivity contribution >= 4 is 11.8 Å². The number of carbonyl (C=O) groups excluding carboxylic acids is 1. The number of nitrogens with zero attached hydrogens (tertiary/aromatic N) is 2. The van der Waals surface area contributed by atoms with Gasteiger partial charge in [-0.15, -0.1) is 0 Å². The van der Waals surface area contributed by atoms with E-state index in [-0.39, 0.29) is 11.4 Å². The van der Waals surface area contributed by atoms with E-state index in [0.29, 0.717) is 18.3 Å². The van der Waals surface area contributed by atoms with Crippen molar-refractivity contribution in [1.29, 1.82) is 0 Å². The zero-order chi connectivity index (χ0) is 14.6. The summed E-state index contributed by atoms with van der Waals surface area (Å²) in [4.78, 5) is 19.6. The van der Waals surface area contributed by atoms with Crippen molar-refractivity contribution in [2.75, 3.05) is 19.0 Å². The summed E-state index contributed by atoms with van der Waals surface area (Å²) in [7, 11) is 1.32. The predicted molar refractivity (Wildman–Crippen MR) is 76.4 cm³/mol. The predicted octanol–water partition coefficient (Wildman–Crippen LogP) is 1.58. The highest BCUT2D eigenvalue weighted by atomic mass is 16.5. The van der Waals surface area contributed by atoms with Gasteiger partial charge in [-0.3, -0.25) is 0 Å². The summed E-state index contributed by atoms with van der Waals surface area (Å²) in [6.45, 7) is 2.76. The van der Waals surface area contributed by atoms with E-state index in [0.717, 1.165) is 19.3 Å². The minimum Gasteiger partial charge on any atom is -0.463 e. The van der Waals surface area contributed by atoms with Crippen LogP contribution in [0.1, 0.15) is 43.2 Å². The first-order valence-electron chi connectivity index (χ1n) is 7.01. The third-order valence-corrected chi connectivity index (χ3v) is 4.22. The summed E-state index contributed by atoms with van der Waals surface area (Å²) in [6.07, 6.45) is 6.12. The Hall–Kier alpha value is -1.69. The number of ether oxygens (including phenoxy) is 1. The molecule has 2 unspecified atom stereocenters. The molecular weight excluding hydrogens is 256 g/mol. The molecule has 0 radical (unpaired) electrons. The van der Waals surface area contributed by atoms with E-state index in [2.05, 4.69) is 26.9 Å². The topological polar surface area (TPSA) is 90.1 Å². The second-order valence-corrected chi connectivity index (χ2v) is 5.39. The molecule has 0 bridgehead atoms. The number of esters is 1. The van der Waals surface area contributed by atoms with Crippen LogP contribution in [0.25, 0.3) is 0 Å². The van der Waals surface area contributed by atoms with Crippen molar-refractivity contribution in [3.8, 4) is 0 Å². The van der Waals surface area contributed by atoms with Crippen LogP contribution in [0, 0.1) is 5.92 Å². The molecule has 0 spiro atoms. The lowest BCUT2D eigenvalue weighted by Crippen LogP contribution is -2.52. The number of carbonyl (C=O) groups is 1. The number of rotatable bonds is 4. The zero-order valence-electron chi connectivity index (χ0n) is 12.1. The van der Waals surface area contributed by atoms with Crippen LogP contribution in [-0.2, 0) is 4.74 Å². The van der Waals surface area contributed by atoms with Crippen molar-refractivity contribution in [3.63, 3.8) is 0 Å². The number of hydrogen-bond acceptors (Lipinski definition) is 6. The molecule has 2 atom stereocenters. The van der Waals surface area contributed by atoms with Gasteiger partial charge in [0.05, 0.1) is 12.6 Å². The summed E-state index contributed by atoms with van der Waals surface area (Å²) >= 11 is 0. The van der Waals surface area contributed by atoms with E-state index >= 15 is 0 Å². The first-order valence-corrected chi connectivity index (χ1v) is 7.01. The summed E-state index contributed by atoms with van der Waals surface area (Å²) < 4.78 is 4.64. The van der Waals surface area contributed by atoms with Crippen LogP contribution in [0.5, 0.6) is 0 Å². The van der Waals surface area contributed by atoms with Crippen molar-refractivity contribution in [1.82, 2.24) is 9.97 Å². The van der Waals surface area contributed by atoms with Gasteiger partial charge in [0.1, 0.15) is 5.82 Å². The van der Waals surface area contributed by atoms with Gasteiger partial charge < -0.3 is 15.8 Å². The van der Waals surface area contributed by atoms with Gasteiger partial charge in [0.2, 0.25) is 5.82 Å². The lowest BCUT2D eigenvalue weighted by Gasteiger charge is -2.43. The molecule has 6 heteroatoms. The third kappa shape index (κ3) is 2.90. The molecule has 20 heavy (non-hydrogen) atoms. The molecule has 1 aromatic rings. The Labute approximate surface area is 119 Å². The molecule has 1 aromatic heterocycles. The van der Waals surface area contributed by atoms with E-state index in [1.165, 1.54) is 13.5 Å². The minimum absolute atomic E-state index is 0.0631. The van der Waals surface area contributed by atoms with E-state index in [4.69, 9.17) is 5.73 Å². The van der Waals surface area contributed by atoms with Crippen LogP contribution in [0.4, 0.5) is 5.82 Å². The van der Waals surface area contributed by atoms with Gasteiger partial charge in [-0.25, -0.2) is 14.8 Å². The molecule has 110 valence electrons. The number of methoxy groups -OCH3 is 1. The monoisotopic (exact) mass is 278 g/mol. The Bertz CT molecular complexity index is 480. The molecule has 6 nitrogen and oxygen atoms in total. The summed E-state index contributed by atoms with van der Waals surface area (Å²) in [6, 6.07) is 1.76. The Kier molecular flexibility index (Phi) is 4.54. The van der Waals surface area contributed by atoms with E-state index in [9.17, 15) is 4.79 Å². The van der Waals surface area contributed by atoms with Crippen LogP contribution in [-0.4, -0.2) is 35.1 Å². The van der Waals surface area contributed by atoms with Crippen LogP contribution >= 0.6 is 0 Å². The lowest BCUT2D eigenvalue weighted by atomic mass is 9.73. The molecule has 1 aliphatic carbocycles. The molecule has 2 rings (SSSR count). The van der Waals surface area contributed by atoms with Crippen molar-refractivity contribution in [3.05, 3.63) is 18.1 Å². The van der Waals surface area contributed by atoms with Crippen LogP contribution in [0.15, 0.2) is 12.3 Å². The van der Waals surface area contributed by atoms with E-state index in [1.807, 2.05) is 0 Å². The Morgan fingerprint density at radius 1 is 1.60 bits per heavy atom. The van der Waals surface area contributed by atoms with Crippen LogP contribution in [0.3, 0.4) is 0 Å². The minimum atomic E-state index is -0.535. The lowest BCUT2D eigenvalue weighted by molar-refractivity contribution is 0.0586. The van der Waals surface area contributed by atoms with Gasteiger partial charge in [-0.1, -0.05) is 19.8 Å². The van der Waals surface area contributed by atoms with Crippen molar-refractivity contribution in [2.24, 2.45) is 11.7 Å². The second-order valence-electron chi connectivity index (χ2n) is 5.39. The molecule has 3 N–H and O–H groups in total. The fourth-order valence-electron chi connectivity index (χ4n) is 2.83. The number of hydrogen-bond donors (Lipinski definition) is 2. The fourth-order valence-corrected chi connectivity index (χ4v) is 2.83. The molecule has 0 aromatic carbocycles. The maximum atomic E-state index is 11.5. The van der Waals surface area contributed by atoms with Gasteiger partial charge in [0, 0.05) is 12.7 Å². The van der Waals surface area contributed by atoms with Gasteiger partial charge in [-0.05, 0) is 24.8 Å². The maximum absolute atomic E-state index is 11.5. The number of aromatic nitrogens is 2. The quantitative estimate of drug-likeness (QED) is 0.813. The summed E-state index contributed by atoms with van der Waals surface area (Å²) in [5.74, 6) is 0.623. The highest BCUT2D eigenvalue weighted by molar-refractivity contribution is 5.85. The standard InChI is InChI=1S/C14H22N4O2/c1-10-5-3-4-7-14(10,9-15)18-11-6-8-16-12(17-11)13(19)20-2/h6,8,10H,3-5,7,9,15H2,1-2H3,(H,16,17,18). The van der Waals surface area contributed by atoms with E-state index in [1.54, 1.807) is 12.3 Å². The first-order chi connectivity index (χ1) is 9.61. The second kappa shape index (κ2) is 6.17. The molecule has 1 heterocycles. The Morgan fingerprint density at radius 2 is 2.40 bits per heavy atom. The van der Waals surface area contributed by atoms with Crippen molar-refractivity contribution < 1.29 is 9.53 Å². The molecule has 1 aliphatic rings. The Balaban J connectivity index is 2.21. The summed E-state index contributed by atoms with van der Waals surface area (Å²) in [5, 5.41) is 3.43. The van der Waals surface area contributed by atoms with Gasteiger partial charge in [0.15, 0.2) is 0 Å². The average molecular weight is 278 g/mol. The largest absolute Gasteiger partial charge is 0.463 e. The molecule has 1 saturated carbocycles. The number of anilines is 1. The third-order valence-electron chi connectivity index (χ3n) is 4.22. The average Bonchev–Trinajstić information content (AvgIpc) is 2.49. The van der Waals surface area contributed by atoms with Gasteiger partial charge in [-0.2, -0.15) is 0 Å². The van der Waals surface area contributed by atoms with Gasteiger partial charge in [0.25, 0.3) is 0 Å². The smallest absolute Gasteiger partial charge is 0.376 e. The molecular formula is C14H22N4O2. The van der Waals surface area contributed by atoms with Crippen LogP contribution < -0.4 is 11.1 Å². The summed E-state index contributed by atoms with van der Waals surface area (Å²) in [5.41, 5.74) is 5.85. The maximum Gasteiger partial charge on any atom is 0.376 e. The molecule has 0 saturated heterocycles. The molecule has 1 fully saturated rings. The number of nitrogens with one attached hydrogen (secondary N) is 1. The normalized spacial score (nSPS) is 26.1. The van der Waals surface area contributed by atoms with Crippen LogP contribution in [0.2, 0.25) is 0 Å². The highest BCUT2D eigenvalue weighted by Crippen LogP contribution is 2.35. The Morgan fingerprint density at radius 3 is 3.05 bits per heavy atom. The van der Waals surface area contributed by atoms with Crippen molar-refractivity contribution in [2.45, 2.75) is 38.1 Å².